The summed E-state index contributed by atoms with van der Waals surface area (Å²) in [6.07, 6.45) is 6.63. The Balaban J connectivity index is 1.29. The van der Waals surface area contributed by atoms with Crippen LogP contribution in [0.4, 0.5) is 15.0 Å². The van der Waals surface area contributed by atoms with Crippen molar-refractivity contribution >= 4 is 33.6 Å². The Labute approximate surface area is 267 Å². The molecule has 2 N–H and O–H groups in total. The fourth-order valence-electron chi connectivity index (χ4n) is 8.53. The largest absolute Gasteiger partial charge is 0.508 e. The molecule has 0 spiro atoms. The number of hydrogen-bond donors (Lipinski definition) is 2. The van der Waals surface area contributed by atoms with Gasteiger partial charge in [0.15, 0.2) is 11.6 Å². The van der Waals surface area contributed by atoms with Crippen molar-refractivity contribution in [2.24, 2.45) is 0 Å². The first-order chi connectivity index (χ1) is 22.3. The van der Waals surface area contributed by atoms with Crippen LogP contribution in [0.15, 0.2) is 36.5 Å². The number of aryl methyl sites for hydroxylation is 1. The number of nitrogens with one attached hydrogen (secondary N) is 1. The highest BCUT2D eigenvalue weighted by Gasteiger charge is 2.53. The minimum Gasteiger partial charge on any atom is -0.508 e. The van der Waals surface area contributed by atoms with Crippen molar-refractivity contribution in [3.63, 3.8) is 0 Å². The number of nitrogens with zero attached hydrogens (tertiary/aromatic N) is 6. The second-order valence-electron chi connectivity index (χ2n) is 13.6. The molecule has 1 unspecified atom stereocenters. The number of anilines is 1. The zero-order valence-electron chi connectivity index (χ0n) is 26.6. The average molecular weight is 626 g/mol. The van der Waals surface area contributed by atoms with Gasteiger partial charge in [0, 0.05) is 57.1 Å². The summed E-state index contributed by atoms with van der Waals surface area (Å²) in [6, 6.07) is 9.96. The van der Waals surface area contributed by atoms with E-state index in [9.17, 15) is 9.90 Å². The summed E-state index contributed by atoms with van der Waals surface area (Å²) in [5.74, 6) is 0.939. The van der Waals surface area contributed by atoms with E-state index in [-0.39, 0.29) is 35.1 Å². The second kappa shape index (κ2) is 11.0. The van der Waals surface area contributed by atoms with Gasteiger partial charge in [-0.3, -0.25) is 9.88 Å². The minimum absolute atomic E-state index is 0.0464. The molecule has 8 rings (SSSR count). The molecular formula is C35H40FN7O3. The number of fused-ring (bicyclic) bond motifs is 5. The van der Waals surface area contributed by atoms with Gasteiger partial charge >= 0.3 is 6.09 Å². The van der Waals surface area contributed by atoms with E-state index in [4.69, 9.17) is 19.7 Å². The van der Waals surface area contributed by atoms with Crippen LogP contribution in [0.1, 0.15) is 50.4 Å². The molecule has 2 aromatic heterocycles. The minimum atomic E-state index is -0.502. The number of carbonyl (C=O) groups excluding carboxylic acids is 1. The molecule has 2 aromatic carbocycles. The van der Waals surface area contributed by atoms with Gasteiger partial charge in [-0.15, -0.1) is 0 Å². The van der Waals surface area contributed by atoms with Crippen LogP contribution < -0.4 is 10.2 Å². The smallest absolute Gasteiger partial charge is 0.409 e. The van der Waals surface area contributed by atoms with Gasteiger partial charge < -0.3 is 25.0 Å². The number of aromatic hydroxyl groups is 1. The molecule has 10 nitrogen and oxygen atoms in total. The second-order valence-corrected chi connectivity index (χ2v) is 13.6. The third-order valence-electron chi connectivity index (χ3n) is 10.7. The van der Waals surface area contributed by atoms with Gasteiger partial charge in [-0.1, -0.05) is 25.1 Å². The van der Waals surface area contributed by atoms with Crippen LogP contribution in [0.25, 0.3) is 32.9 Å². The fraction of sp³-hybridized carbons (Fsp3) is 0.486. The molecule has 4 aromatic rings. The lowest BCUT2D eigenvalue weighted by Gasteiger charge is -2.35. The molecule has 4 fully saturated rings. The fourth-order valence-corrected chi connectivity index (χ4v) is 8.53. The Hall–Kier alpha value is -4.09. The molecule has 0 aliphatic carbocycles. The van der Waals surface area contributed by atoms with Crippen molar-refractivity contribution in [2.75, 3.05) is 45.2 Å². The number of rotatable bonds is 6. The summed E-state index contributed by atoms with van der Waals surface area (Å²) in [5.41, 5.74) is 1.59. The molecule has 4 atom stereocenters. The number of amides is 1. The molecular weight excluding hydrogens is 585 g/mol. The topological polar surface area (TPSA) is 107 Å². The maximum Gasteiger partial charge on any atom is 0.409 e. The van der Waals surface area contributed by atoms with Crippen LogP contribution in [0, 0.1) is 5.82 Å². The van der Waals surface area contributed by atoms with Crippen molar-refractivity contribution in [2.45, 2.75) is 69.1 Å². The quantitative estimate of drug-likeness (QED) is 0.308. The molecule has 240 valence electrons. The van der Waals surface area contributed by atoms with Crippen LogP contribution in [0.5, 0.6) is 5.75 Å². The van der Waals surface area contributed by atoms with E-state index in [0.717, 1.165) is 80.3 Å². The first kappa shape index (κ1) is 29.3. The Bertz CT molecular complexity index is 1870. The van der Waals surface area contributed by atoms with Crippen LogP contribution in [-0.2, 0) is 16.7 Å². The lowest BCUT2D eigenvalue weighted by Crippen LogP contribution is -2.46. The Morgan fingerprint density at radius 3 is 2.87 bits per heavy atom. The third-order valence-corrected chi connectivity index (χ3v) is 10.7. The number of halogens is 1. The summed E-state index contributed by atoms with van der Waals surface area (Å²) in [4.78, 5) is 33.5. The number of carbonyl (C=O) groups is 1. The highest BCUT2D eigenvalue weighted by molar-refractivity contribution is 6.01. The summed E-state index contributed by atoms with van der Waals surface area (Å²) in [5, 5.41) is 16.6. The van der Waals surface area contributed by atoms with E-state index in [1.54, 1.807) is 32.4 Å². The maximum atomic E-state index is 17.1. The van der Waals surface area contributed by atoms with Gasteiger partial charge in [-0.25, -0.2) is 19.2 Å². The van der Waals surface area contributed by atoms with Crippen molar-refractivity contribution in [3.8, 4) is 17.0 Å². The molecule has 4 aliphatic rings. The molecule has 2 bridgehead atoms. The average Bonchev–Trinajstić information content (AvgIpc) is 3.85. The molecule has 0 radical (unpaired) electrons. The van der Waals surface area contributed by atoms with Gasteiger partial charge in [-0.2, -0.15) is 0 Å². The van der Waals surface area contributed by atoms with E-state index in [2.05, 4.69) is 22.0 Å². The van der Waals surface area contributed by atoms with E-state index in [1.807, 2.05) is 18.2 Å². The molecule has 0 saturated carbocycles. The molecule has 46 heavy (non-hydrogen) atoms. The summed E-state index contributed by atoms with van der Waals surface area (Å²) in [7, 11) is 3.37. The Kier molecular flexibility index (Phi) is 7.02. The molecule has 4 saturated heterocycles. The molecule has 4 aliphatic heterocycles. The van der Waals surface area contributed by atoms with Crippen molar-refractivity contribution < 1.29 is 19.0 Å². The third kappa shape index (κ3) is 4.50. The normalized spacial score (nSPS) is 25.6. The number of piperazine rings is 1. The monoisotopic (exact) mass is 625 g/mol. The predicted octanol–water partition coefficient (Wildman–Crippen LogP) is 4.95. The number of benzene rings is 2. The summed E-state index contributed by atoms with van der Waals surface area (Å²) < 4.78 is 22.8. The number of phenolic OH excluding ortho intramolecular Hbond substituents is 1. The standard InChI is InChI=1S/C35H40FN7O3/c1-4-20-7-5-8-21-13-25(44)15-26(28(20)21)30-29(36)31-27(17-38-30)32(42-18-22-14-24(42)16-37-22)40-33(39-31)35-10-6-12-43(35)23(9-11-35)19-46-34(45)41(2)3/h5,7-8,13,15,17,22-24,37,44H,4,6,9-12,14,16,18-19H2,1-3H3/t22-,23+,24-,35?/m0/s1. The van der Waals surface area contributed by atoms with Crippen LogP contribution in [0.2, 0.25) is 0 Å². The van der Waals surface area contributed by atoms with E-state index < -0.39 is 11.4 Å². The zero-order valence-corrected chi connectivity index (χ0v) is 26.6. The van der Waals surface area contributed by atoms with Gasteiger partial charge in [0.1, 0.15) is 29.4 Å². The van der Waals surface area contributed by atoms with Gasteiger partial charge in [0.25, 0.3) is 0 Å². The van der Waals surface area contributed by atoms with E-state index in [1.165, 1.54) is 4.90 Å². The first-order valence-electron chi connectivity index (χ1n) is 16.5. The Morgan fingerprint density at radius 2 is 2.11 bits per heavy atom. The number of hydrogen-bond acceptors (Lipinski definition) is 9. The van der Waals surface area contributed by atoms with Crippen LogP contribution >= 0.6 is 0 Å². The van der Waals surface area contributed by atoms with E-state index >= 15 is 4.39 Å². The number of pyridine rings is 1. The summed E-state index contributed by atoms with van der Waals surface area (Å²) in [6.45, 7) is 4.89. The summed E-state index contributed by atoms with van der Waals surface area (Å²) >= 11 is 0. The number of aromatic nitrogens is 3. The molecule has 1 amide bonds. The zero-order chi connectivity index (χ0) is 31.7. The van der Waals surface area contributed by atoms with Crippen molar-refractivity contribution in [1.82, 2.24) is 30.1 Å². The lowest BCUT2D eigenvalue weighted by molar-refractivity contribution is 0.0660. The molecule has 6 heterocycles. The highest BCUT2D eigenvalue weighted by Crippen LogP contribution is 2.50. The lowest BCUT2D eigenvalue weighted by atomic mass is 9.92. The van der Waals surface area contributed by atoms with Crippen molar-refractivity contribution in [1.29, 1.82) is 0 Å². The highest BCUT2D eigenvalue weighted by atomic mass is 19.1. The number of phenols is 1. The Morgan fingerprint density at radius 1 is 1.24 bits per heavy atom. The van der Waals surface area contributed by atoms with Crippen LogP contribution in [0.3, 0.4) is 0 Å². The van der Waals surface area contributed by atoms with Gasteiger partial charge in [-0.05, 0) is 73.5 Å². The van der Waals surface area contributed by atoms with Gasteiger partial charge in [0.05, 0.1) is 10.9 Å². The van der Waals surface area contributed by atoms with Crippen molar-refractivity contribution in [3.05, 3.63) is 53.7 Å². The number of ether oxygens (including phenoxy) is 1. The first-order valence-corrected chi connectivity index (χ1v) is 16.5. The van der Waals surface area contributed by atoms with Gasteiger partial charge in [0.2, 0.25) is 0 Å². The molecule has 11 heteroatoms. The predicted molar refractivity (Wildman–Crippen MR) is 174 cm³/mol. The van der Waals surface area contributed by atoms with E-state index in [0.29, 0.717) is 29.4 Å². The van der Waals surface area contributed by atoms with Crippen LogP contribution in [-0.4, -0.2) is 94.4 Å². The SMILES string of the molecule is CCc1cccc2cc(O)cc(-c3ncc4c(N5C[C@@H]6C[C@H]5CN6)nc(C56CCCN5[C@@H](COC(=O)N(C)C)CC6)nc4c3F)c12. The maximum absolute atomic E-state index is 17.1.